The number of ether oxygens (including phenoxy) is 1. The SMILES string of the molecule is CCOC(=O)c1c(NC(=O)CSc2nnc(N3CCCCC3)n2C2CC2)sc(CC)c1C. The predicted octanol–water partition coefficient (Wildman–Crippen LogP) is 4.44. The smallest absolute Gasteiger partial charge is 0.341 e. The van der Waals surface area contributed by atoms with Gasteiger partial charge in [0.2, 0.25) is 11.9 Å². The third-order valence-corrected chi connectivity index (χ3v) is 8.12. The first-order valence-electron chi connectivity index (χ1n) is 11.4. The summed E-state index contributed by atoms with van der Waals surface area (Å²) in [6, 6.07) is 0.440. The molecule has 32 heavy (non-hydrogen) atoms. The molecule has 2 fully saturated rings. The van der Waals surface area contributed by atoms with Gasteiger partial charge in [-0.3, -0.25) is 9.36 Å². The van der Waals surface area contributed by atoms with Crippen molar-refractivity contribution in [3.8, 4) is 0 Å². The number of nitrogens with one attached hydrogen (secondary N) is 1. The van der Waals surface area contributed by atoms with Crippen molar-refractivity contribution in [2.45, 2.75) is 70.5 Å². The summed E-state index contributed by atoms with van der Waals surface area (Å²) in [4.78, 5) is 28.6. The molecule has 0 atom stereocenters. The van der Waals surface area contributed by atoms with Crippen molar-refractivity contribution in [2.24, 2.45) is 0 Å². The molecule has 0 spiro atoms. The van der Waals surface area contributed by atoms with Gasteiger partial charge in [-0.15, -0.1) is 21.5 Å². The molecule has 2 aromatic rings. The summed E-state index contributed by atoms with van der Waals surface area (Å²) >= 11 is 2.86. The highest BCUT2D eigenvalue weighted by molar-refractivity contribution is 7.99. The lowest BCUT2D eigenvalue weighted by Crippen LogP contribution is -2.32. The Balaban J connectivity index is 1.45. The normalized spacial score (nSPS) is 16.3. The quantitative estimate of drug-likeness (QED) is 0.422. The van der Waals surface area contributed by atoms with Crippen LogP contribution in [0.1, 0.15) is 72.8 Å². The maximum absolute atomic E-state index is 12.8. The van der Waals surface area contributed by atoms with E-state index >= 15 is 0 Å². The number of carbonyl (C=O) groups excluding carboxylic acids is 2. The van der Waals surface area contributed by atoms with Crippen molar-refractivity contribution >= 4 is 45.9 Å². The van der Waals surface area contributed by atoms with Gasteiger partial charge in [0.15, 0.2) is 5.16 Å². The zero-order chi connectivity index (χ0) is 22.7. The summed E-state index contributed by atoms with van der Waals surface area (Å²) in [6.45, 7) is 8.07. The molecule has 10 heteroatoms. The van der Waals surface area contributed by atoms with Gasteiger partial charge in [-0.05, 0) is 57.9 Å². The number of thioether (sulfide) groups is 1. The minimum absolute atomic E-state index is 0.158. The van der Waals surface area contributed by atoms with Crippen LogP contribution in [0.5, 0.6) is 0 Å². The minimum atomic E-state index is -0.386. The van der Waals surface area contributed by atoms with Gasteiger partial charge < -0.3 is 15.0 Å². The lowest BCUT2D eigenvalue weighted by Gasteiger charge is -2.27. The number of amides is 1. The van der Waals surface area contributed by atoms with Crippen molar-refractivity contribution in [3.63, 3.8) is 0 Å². The molecule has 0 aromatic carbocycles. The number of anilines is 2. The second-order valence-corrected chi connectivity index (χ2v) is 10.2. The molecule has 3 heterocycles. The van der Waals surface area contributed by atoms with E-state index < -0.39 is 0 Å². The Hall–Kier alpha value is -2.07. The van der Waals surface area contributed by atoms with E-state index in [1.165, 1.54) is 42.4 Å². The van der Waals surface area contributed by atoms with E-state index in [0.717, 1.165) is 53.9 Å². The minimum Gasteiger partial charge on any atom is -0.462 e. The topological polar surface area (TPSA) is 89.3 Å². The highest BCUT2D eigenvalue weighted by Crippen LogP contribution is 2.41. The lowest BCUT2D eigenvalue weighted by molar-refractivity contribution is -0.113. The number of carbonyl (C=O) groups is 2. The number of hydrogen-bond acceptors (Lipinski definition) is 8. The van der Waals surface area contributed by atoms with Crippen LogP contribution in [0.15, 0.2) is 5.16 Å². The second-order valence-electron chi connectivity index (χ2n) is 8.20. The predicted molar refractivity (Wildman–Crippen MR) is 128 cm³/mol. The summed E-state index contributed by atoms with van der Waals surface area (Å²) in [6.07, 6.45) is 6.71. The molecule has 2 aromatic heterocycles. The van der Waals surface area contributed by atoms with Crippen LogP contribution >= 0.6 is 23.1 Å². The van der Waals surface area contributed by atoms with E-state index in [1.54, 1.807) is 6.92 Å². The summed E-state index contributed by atoms with van der Waals surface area (Å²) in [5, 5.41) is 13.2. The van der Waals surface area contributed by atoms with Crippen LogP contribution in [0.25, 0.3) is 0 Å². The molecule has 174 valence electrons. The zero-order valence-corrected chi connectivity index (χ0v) is 20.6. The molecule has 1 amide bonds. The van der Waals surface area contributed by atoms with Crippen molar-refractivity contribution in [3.05, 3.63) is 16.0 Å². The highest BCUT2D eigenvalue weighted by Gasteiger charge is 2.32. The number of rotatable bonds is 9. The summed E-state index contributed by atoms with van der Waals surface area (Å²) in [5.41, 5.74) is 1.36. The molecule has 1 saturated heterocycles. The van der Waals surface area contributed by atoms with Crippen LogP contribution in [0.2, 0.25) is 0 Å². The van der Waals surface area contributed by atoms with Crippen LogP contribution in [0.4, 0.5) is 10.9 Å². The van der Waals surface area contributed by atoms with Gasteiger partial charge in [0.05, 0.1) is 17.9 Å². The second kappa shape index (κ2) is 10.2. The number of piperidine rings is 1. The Morgan fingerprint density at radius 1 is 1.19 bits per heavy atom. The summed E-state index contributed by atoms with van der Waals surface area (Å²) in [7, 11) is 0. The molecule has 1 aliphatic carbocycles. The monoisotopic (exact) mass is 477 g/mol. The number of aryl methyl sites for hydroxylation is 1. The first-order chi connectivity index (χ1) is 15.5. The Morgan fingerprint density at radius 3 is 2.59 bits per heavy atom. The van der Waals surface area contributed by atoms with Gasteiger partial charge in [-0.1, -0.05) is 18.7 Å². The molecule has 0 radical (unpaired) electrons. The van der Waals surface area contributed by atoms with E-state index in [0.29, 0.717) is 23.2 Å². The molecule has 1 saturated carbocycles. The molecule has 2 aliphatic rings. The standard InChI is InChI=1S/C22H31N5O3S2/c1-4-16-14(3)18(20(29)30-5-2)19(32-16)23-17(28)13-31-22-25-24-21(27(22)15-9-10-15)26-11-7-6-8-12-26/h15H,4-13H2,1-3H3,(H,23,28). The fraction of sp³-hybridized carbons (Fsp3) is 0.636. The molecule has 0 unspecified atom stereocenters. The Morgan fingerprint density at radius 2 is 1.94 bits per heavy atom. The average molecular weight is 478 g/mol. The van der Waals surface area contributed by atoms with Gasteiger partial charge in [0.1, 0.15) is 5.00 Å². The van der Waals surface area contributed by atoms with Crippen LogP contribution in [-0.2, 0) is 16.0 Å². The van der Waals surface area contributed by atoms with Gasteiger partial charge in [-0.2, -0.15) is 0 Å². The maximum Gasteiger partial charge on any atom is 0.341 e. The molecule has 1 N–H and O–H groups in total. The molecule has 8 nitrogen and oxygen atoms in total. The molecule has 1 aliphatic heterocycles. The van der Waals surface area contributed by atoms with E-state index in [1.807, 2.05) is 13.8 Å². The number of thiophene rings is 1. The summed E-state index contributed by atoms with van der Waals surface area (Å²) < 4.78 is 7.43. The Kier molecular flexibility index (Phi) is 7.40. The fourth-order valence-electron chi connectivity index (χ4n) is 4.06. The fourth-order valence-corrected chi connectivity index (χ4v) is 6.01. The lowest BCUT2D eigenvalue weighted by atomic mass is 10.1. The number of aromatic nitrogens is 3. The Bertz CT molecular complexity index is 977. The van der Waals surface area contributed by atoms with Crippen LogP contribution in [0, 0.1) is 6.92 Å². The number of nitrogens with zero attached hydrogens (tertiary/aromatic N) is 4. The maximum atomic E-state index is 12.8. The molecular formula is C22H31N5O3S2. The first kappa shape index (κ1) is 23.1. The number of esters is 1. The van der Waals surface area contributed by atoms with E-state index in [2.05, 4.69) is 25.0 Å². The largest absolute Gasteiger partial charge is 0.462 e. The van der Waals surface area contributed by atoms with Crippen LogP contribution < -0.4 is 10.2 Å². The van der Waals surface area contributed by atoms with Crippen molar-refractivity contribution in [2.75, 3.05) is 35.7 Å². The van der Waals surface area contributed by atoms with Crippen molar-refractivity contribution in [1.82, 2.24) is 14.8 Å². The highest BCUT2D eigenvalue weighted by atomic mass is 32.2. The third-order valence-electron chi connectivity index (χ3n) is 5.83. The van der Waals surface area contributed by atoms with Gasteiger partial charge in [-0.25, -0.2) is 4.79 Å². The number of hydrogen-bond donors (Lipinski definition) is 1. The van der Waals surface area contributed by atoms with Crippen LogP contribution in [-0.4, -0.2) is 52.1 Å². The van der Waals surface area contributed by atoms with E-state index in [9.17, 15) is 9.59 Å². The molecule has 4 rings (SSSR count). The third kappa shape index (κ3) is 4.96. The average Bonchev–Trinajstić information content (AvgIpc) is 3.46. The first-order valence-corrected chi connectivity index (χ1v) is 13.3. The zero-order valence-electron chi connectivity index (χ0n) is 19.0. The molecular weight excluding hydrogens is 446 g/mol. The van der Waals surface area contributed by atoms with Crippen molar-refractivity contribution in [1.29, 1.82) is 0 Å². The van der Waals surface area contributed by atoms with Crippen molar-refractivity contribution < 1.29 is 14.3 Å². The summed E-state index contributed by atoms with van der Waals surface area (Å²) in [5.74, 6) is 0.616. The van der Waals surface area contributed by atoms with Crippen LogP contribution in [0.3, 0.4) is 0 Å². The van der Waals surface area contributed by atoms with Gasteiger partial charge >= 0.3 is 5.97 Å². The van der Waals surface area contributed by atoms with Gasteiger partial charge in [0, 0.05) is 24.0 Å². The van der Waals surface area contributed by atoms with E-state index in [4.69, 9.17) is 4.74 Å². The Labute approximate surface area is 197 Å². The van der Waals surface area contributed by atoms with E-state index in [-0.39, 0.29) is 17.6 Å². The van der Waals surface area contributed by atoms with Gasteiger partial charge in [0.25, 0.3) is 0 Å². The molecule has 0 bridgehead atoms.